The van der Waals surface area contributed by atoms with Crippen molar-refractivity contribution < 1.29 is 4.74 Å². The Labute approximate surface area is 58.3 Å². The molecule has 1 aliphatic rings. The van der Waals surface area contributed by atoms with Crippen LogP contribution < -0.4 is 0 Å². The Bertz CT molecular complexity index is 93.0. The highest BCUT2D eigenvalue weighted by Gasteiger charge is 2.13. The molecule has 4 heteroatoms. The molecule has 0 radical (unpaired) electrons. The summed E-state index contributed by atoms with van der Waals surface area (Å²) in [4.78, 5) is 9.71. The fourth-order valence-corrected chi connectivity index (χ4v) is 1.37. The zero-order chi connectivity index (χ0) is 6.53. The summed E-state index contributed by atoms with van der Waals surface area (Å²) in [7, 11) is 0. The van der Waals surface area contributed by atoms with E-state index in [1.807, 2.05) is 0 Å². The van der Waals surface area contributed by atoms with Crippen molar-refractivity contribution >= 4 is 11.9 Å². The first-order chi connectivity index (χ1) is 4.43. The molecule has 0 aromatic heterocycles. The van der Waals surface area contributed by atoms with Crippen molar-refractivity contribution in [3.05, 3.63) is 4.91 Å². The van der Waals surface area contributed by atoms with E-state index in [2.05, 4.69) is 4.58 Å². The Morgan fingerprint density at radius 3 is 3.00 bits per heavy atom. The van der Waals surface area contributed by atoms with Crippen LogP contribution in [0.1, 0.15) is 19.3 Å². The van der Waals surface area contributed by atoms with Crippen LogP contribution in [-0.4, -0.2) is 12.0 Å². The number of nitroso groups, excluding NO2 is 1. The lowest BCUT2D eigenvalue weighted by atomic mass is 10.2. The zero-order valence-corrected chi connectivity index (χ0v) is 5.89. The summed E-state index contributed by atoms with van der Waals surface area (Å²) < 4.78 is 7.89. The second kappa shape index (κ2) is 3.85. The van der Waals surface area contributed by atoms with Crippen molar-refractivity contribution in [1.82, 2.24) is 0 Å². The van der Waals surface area contributed by atoms with Crippen LogP contribution in [0.25, 0.3) is 0 Å². The molecule has 1 atom stereocenters. The Balaban J connectivity index is 2.15. The van der Waals surface area contributed by atoms with Gasteiger partial charge in [-0.1, -0.05) is 0 Å². The number of nitrogens with zero attached hydrogens (tertiary/aromatic N) is 1. The van der Waals surface area contributed by atoms with Crippen LogP contribution in [0, 0.1) is 4.91 Å². The molecular weight excluding hydrogens is 138 g/mol. The molecule has 0 aromatic carbocycles. The largest absolute Gasteiger partial charge is 0.366 e. The molecule has 1 heterocycles. The summed E-state index contributed by atoms with van der Waals surface area (Å²) in [6, 6.07) is 0. The van der Waals surface area contributed by atoms with Gasteiger partial charge in [0.1, 0.15) is 5.44 Å². The SMILES string of the molecule is O=NSC1CCCCO1. The monoisotopic (exact) mass is 147 g/mol. The summed E-state index contributed by atoms with van der Waals surface area (Å²) in [6.07, 6.45) is 3.25. The second-order valence-electron chi connectivity index (χ2n) is 1.98. The van der Waals surface area contributed by atoms with E-state index in [0.717, 1.165) is 37.8 Å². The molecule has 0 saturated carbocycles. The Kier molecular flexibility index (Phi) is 3.00. The molecule has 0 aliphatic carbocycles. The lowest BCUT2D eigenvalue weighted by molar-refractivity contribution is 0.0728. The van der Waals surface area contributed by atoms with E-state index in [9.17, 15) is 4.91 Å². The first-order valence-electron chi connectivity index (χ1n) is 3.03. The third-order valence-corrected chi connectivity index (χ3v) is 1.99. The van der Waals surface area contributed by atoms with Crippen LogP contribution in [0.2, 0.25) is 0 Å². The molecule has 1 fully saturated rings. The van der Waals surface area contributed by atoms with Crippen molar-refractivity contribution in [2.24, 2.45) is 4.58 Å². The number of hydrogen-bond donors (Lipinski definition) is 0. The van der Waals surface area contributed by atoms with Crippen LogP contribution in [0.5, 0.6) is 0 Å². The van der Waals surface area contributed by atoms with E-state index < -0.39 is 0 Å². The van der Waals surface area contributed by atoms with Gasteiger partial charge in [-0.25, -0.2) is 0 Å². The minimum Gasteiger partial charge on any atom is -0.366 e. The van der Waals surface area contributed by atoms with Crippen LogP contribution >= 0.6 is 11.9 Å². The topological polar surface area (TPSA) is 38.7 Å². The highest BCUT2D eigenvalue weighted by molar-refractivity contribution is 7.98. The van der Waals surface area contributed by atoms with Gasteiger partial charge in [-0.05, 0) is 19.3 Å². The van der Waals surface area contributed by atoms with Crippen molar-refractivity contribution in [2.75, 3.05) is 6.61 Å². The molecule has 0 spiro atoms. The van der Waals surface area contributed by atoms with E-state index in [0.29, 0.717) is 0 Å². The average molecular weight is 147 g/mol. The Hall–Kier alpha value is -0.0900. The summed E-state index contributed by atoms with van der Waals surface area (Å²) in [5.74, 6) is 0. The molecule has 0 bridgehead atoms. The Morgan fingerprint density at radius 1 is 1.56 bits per heavy atom. The summed E-state index contributed by atoms with van der Waals surface area (Å²) >= 11 is 0.999. The van der Waals surface area contributed by atoms with Gasteiger partial charge in [-0.3, -0.25) is 0 Å². The molecule has 1 aliphatic heterocycles. The third-order valence-electron chi connectivity index (χ3n) is 1.30. The first-order valence-corrected chi connectivity index (χ1v) is 3.87. The lowest BCUT2D eigenvalue weighted by Crippen LogP contribution is -2.14. The van der Waals surface area contributed by atoms with Crippen molar-refractivity contribution in [1.29, 1.82) is 0 Å². The quantitative estimate of drug-likeness (QED) is 0.442. The number of ether oxygens (including phenoxy) is 1. The van der Waals surface area contributed by atoms with Crippen molar-refractivity contribution in [3.8, 4) is 0 Å². The van der Waals surface area contributed by atoms with Gasteiger partial charge in [0.25, 0.3) is 0 Å². The van der Waals surface area contributed by atoms with Crippen LogP contribution in [0.4, 0.5) is 0 Å². The second-order valence-corrected chi connectivity index (χ2v) is 2.86. The van der Waals surface area contributed by atoms with Gasteiger partial charge in [0.05, 0.1) is 11.9 Å². The normalized spacial score (nSPS) is 27.8. The maximum atomic E-state index is 9.71. The maximum absolute atomic E-state index is 9.71. The van der Waals surface area contributed by atoms with Crippen LogP contribution in [0.15, 0.2) is 4.58 Å². The summed E-state index contributed by atoms with van der Waals surface area (Å²) in [6.45, 7) is 0.785. The van der Waals surface area contributed by atoms with Crippen LogP contribution in [0.3, 0.4) is 0 Å². The fraction of sp³-hybridized carbons (Fsp3) is 1.00. The molecule has 0 amide bonds. The number of hydrogen-bond acceptors (Lipinski definition) is 4. The highest BCUT2D eigenvalue weighted by Crippen LogP contribution is 2.23. The molecule has 9 heavy (non-hydrogen) atoms. The Morgan fingerprint density at radius 2 is 2.44 bits per heavy atom. The van der Waals surface area contributed by atoms with E-state index in [-0.39, 0.29) is 5.44 Å². The van der Waals surface area contributed by atoms with Gasteiger partial charge in [-0.2, -0.15) is 0 Å². The molecule has 3 nitrogen and oxygen atoms in total. The van der Waals surface area contributed by atoms with E-state index in [4.69, 9.17) is 4.74 Å². The lowest BCUT2D eigenvalue weighted by Gasteiger charge is -2.17. The molecule has 0 aromatic rings. The first kappa shape index (κ1) is 7.02. The van der Waals surface area contributed by atoms with Gasteiger partial charge in [0.15, 0.2) is 0 Å². The standard InChI is InChI=1S/C5H9NO2S/c7-6-9-5-3-1-2-4-8-5/h5H,1-4H2. The third kappa shape index (κ3) is 2.32. The van der Waals surface area contributed by atoms with Gasteiger partial charge < -0.3 is 4.74 Å². The summed E-state index contributed by atoms with van der Waals surface area (Å²) in [5.41, 5.74) is 0.0382. The molecule has 1 rings (SSSR count). The van der Waals surface area contributed by atoms with E-state index >= 15 is 0 Å². The average Bonchev–Trinajstić information content (AvgIpc) is 1.91. The molecule has 52 valence electrons. The van der Waals surface area contributed by atoms with Gasteiger partial charge in [0, 0.05) is 11.2 Å². The molecule has 0 N–H and O–H groups in total. The van der Waals surface area contributed by atoms with Gasteiger partial charge >= 0.3 is 0 Å². The van der Waals surface area contributed by atoms with Crippen LogP contribution in [-0.2, 0) is 4.74 Å². The molecule has 1 unspecified atom stereocenters. The van der Waals surface area contributed by atoms with Crippen molar-refractivity contribution in [2.45, 2.75) is 24.7 Å². The predicted octanol–water partition coefficient (Wildman–Crippen LogP) is 1.93. The number of rotatable bonds is 2. The van der Waals surface area contributed by atoms with E-state index in [1.54, 1.807) is 0 Å². The van der Waals surface area contributed by atoms with E-state index in [1.165, 1.54) is 0 Å². The zero-order valence-electron chi connectivity index (χ0n) is 5.08. The van der Waals surface area contributed by atoms with Gasteiger partial charge in [-0.15, -0.1) is 4.91 Å². The summed E-state index contributed by atoms with van der Waals surface area (Å²) in [5, 5.41) is 0. The molecular formula is C5H9NO2S. The smallest absolute Gasteiger partial charge is 0.127 e. The fourth-order valence-electron chi connectivity index (χ4n) is 0.842. The van der Waals surface area contributed by atoms with Crippen molar-refractivity contribution in [3.63, 3.8) is 0 Å². The van der Waals surface area contributed by atoms with Gasteiger partial charge in [0.2, 0.25) is 0 Å². The maximum Gasteiger partial charge on any atom is 0.127 e. The molecule has 1 saturated heterocycles. The minimum atomic E-state index is 0.0382. The highest BCUT2D eigenvalue weighted by atomic mass is 32.2. The predicted molar refractivity (Wildman–Crippen MR) is 37.0 cm³/mol. The minimum absolute atomic E-state index is 0.0382.